The van der Waals surface area contributed by atoms with Crippen LogP contribution in [0.5, 0.6) is 5.75 Å². The quantitative estimate of drug-likeness (QED) is 0.613. The number of rotatable bonds is 5. The Kier molecular flexibility index (Phi) is 4.43. The normalized spacial score (nSPS) is 21.0. The molecule has 1 atom stereocenters. The first kappa shape index (κ1) is 16.3. The van der Waals surface area contributed by atoms with E-state index in [0.717, 1.165) is 36.4 Å². The zero-order valence-electron chi connectivity index (χ0n) is 14.5. The molecular formula is C21H23NO2. The first-order chi connectivity index (χ1) is 11.6. The van der Waals surface area contributed by atoms with Gasteiger partial charge < -0.3 is 9.64 Å². The van der Waals surface area contributed by atoms with E-state index in [4.69, 9.17) is 4.74 Å². The summed E-state index contributed by atoms with van der Waals surface area (Å²) >= 11 is 0. The molecule has 0 aliphatic carbocycles. The van der Waals surface area contributed by atoms with Gasteiger partial charge in [-0.25, -0.2) is 0 Å². The van der Waals surface area contributed by atoms with Crippen LogP contribution in [-0.2, 0) is 16.6 Å². The number of likely N-dealkylation sites (N-methyl/N-ethyl adjacent to an activating group) is 1. The average Bonchev–Trinajstić information content (AvgIpc) is 2.84. The smallest absolute Gasteiger partial charge is 0.144 e. The number of anilines is 1. The van der Waals surface area contributed by atoms with E-state index in [1.54, 1.807) is 13.2 Å². The van der Waals surface area contributed by atoms with Crippen LogP contribution in [-0.4, -0.2) is 19.9 Å². The third-order valence-corrected chi connectivity index (χ3v) is 4.89. The predicted molar refractivity (Wildman–Crippen MR) is 97.7 cm³/mol. The molecule has 0 saturated carbocycles. The molecule has 1 aliphatic heterocycles. The summed E-state index contributed by atoms with van der Waals surface area (Å²) < 4.78 is 5.44. The highest BCUT2D eigenvalue weighted by molar-refractivity contribution is 5.78. The minimum absolute atomic E-state index is 0.262. The zero-order chi connectivity index (χ0) is 17.2. The Bertz CT molecular complexity index is 767. The maximum absolute atomic E-state index is 11.3. The van der Waals surface area contributed by atoms with Gasteiger partial charge in [0.05, 0.1) is 7.11 Å². The molecule has 24 heavy (non-hydrogen) atoms. The SMILES string of the molecule is CCN1/C(=C\C=O)C(C)(Cc2ccccc2)c2cc(OC)ccc21. The molecule has 0 N–H and O–H groups in total. The number of ether oxygens (including phenoxy) is 1. The summed E-state index contributed by atoms with van der Waals surface area (Å²) in [4.78, 5) is 13.5. The zero-order valence-corrected chi connectivity index (χ0v) is 14.5. The third-order valence-electron chi connectivity index (χ3n) is 4.89. The molecule has 0 saturated heterocycles. The molecule has 3 rings (SSSR count). The fourth-order valence-electron chi connectivity index (χ4n) is 3.75. The van der Waals surface area contributed by atoms with Crippen molar-refractivity contribution in [2.45, 2.75) is 25.7 Å². The van der Waals surface area contributed by atoms with Crippen molar-refractivity contribution >= 4 is 12.0 Å². The highest BCUT2D eigenvalue weighted by Gasteiger charge is 2.43. The van der Waals surface area contributed by atoms with Gasteiger partial charge >= 0.3 is 0 Å². The van der Waals surface area contributed by atoms with Gasteiger partial charge in [-0.1, -0.05) is 30.3 Å². The summed E-state index contributed by atoms with van der Waals surface area (Å²) in [6.45, 7) is 5.15. The maximum Gasteiger partial charge on any atom is 0.144 e. The van der Waals surface area contributed by atoms with Gasteiger partial charge in [0.15, 0.2) is 0 Å². The summed E-state index contributed by atoms with van der Waals surface area (Å²) in [5, 5.41) is 0. The summed E-state index contributed by atoms with van der Waals surface area (Å²) in [6, 6.07) is 16.6. The van der Waals surface area contributed by atoms with Crippen LogP contribution in [0.3, 0.4) is 0 Å². The first-order valence-electron chi connectivity index (χ1n) is 8.30. The van der Waals surface area contributed by atoms with Crippen LogP contribution in [0.15, 0.2) is 60.3 Å². The molecule has 3 nitrogen and oxygen atoms in total. The number of carbonyl (C=O) groups excluding carboxylic acids is 1. The van der Waals surface area contributed by atoms with Crippen LogP contribution in [0.2, 0.25) is 0 Å². The number of allylic oxidation sites excluding steroid dienone is 2. The Morgan fingerprint density at radius 2 is 1.92 bits per heavy atom. The molecule has 2 aromatic rings. The van der Waals surface area contributed by atoms with Crippen molar-refractivity contribution in [3.63, 3.8) is 0 Å². The first-order valence-corrected chi connectivity index (χ1v) is 8.30. The van der Waals surface area contributed by atoms with E-state index in [1.807, 2.05) is 12.1 Å². The standard InChI is InChI=1S/C21H23NO2/c1-4-22-19-11-10-17(24-3)14-18(19)21(2,20(22)12-13-23)15-16-8-6-5-7-9-16/h5-14H,4,15H2,1-3H3/b20-12-. The molecule has 0 amide bonds. The van der Waals surface area contributed by atoms with Gasteiger partial charge in [-0.15, -0.1) is 0 Å². The van der Waals surface area contributed by atoms with Gasteiger partial charge in [-0.2, -0.15) is 0 Å². The van der Waals surface area contributed by atoms with E-state index >= 15 is 0 Å². The Hall–Kier alpha value is -2.55. The Balaban J connectivity index is 2.17. The fourth-order valence-corrected chi connectivity index (χ4v) is 3.75. The average molecular weight is 321 g/mol. The molecule has 124 valence electrons. The largest absolute Gasteiger partial charge is 0.497 e. The number of hydrogen-bond donors (Lipinski definition) is 0. The number of aldehydes is 1. The number of fused-ring (bicyclic) bond motifs is 1. The topological polar surface area (TPSA) is 29.5 Å². The molecule has 1 aliphatic rings. The van der Waals surface area contributed by atoms with Crippen LogP contribution < -0.4 is 9.64 Å². The van der Waals surface area contributed by atoms with E-state index in [-0.39, 0.29) is 5.41 Å². The van der Waals surface area contributed by atoms with Gasteiger partial charge in [-0.05, 0) is 55.7 Å². The van der Waals surface area contributed by atoms with E-state index in [2.05, 4.69) is 55.1 Å². The van der Waals surface area contributed by atoms with Crippen LogP contribution in [0.4, 0.5) is 5.69 Å². The second-order valence-corrected chi connectivity index (χ2v) is 6.31. The van der Waals surface area contributed by atoms with E-state index in [1.165, 1.54) is 11.1 Å². The minimum Gasteiger partial charge on any atom is -0.497 e. The molecule has 0 bridgehead atoms. The summed E-state index contributed by atoms with van der Waals surface area (Å²) in [5.41, 5.74) is 4.41. The van der Waals surface area contributed by atoms with Crippen LogP contribution in [0.1, 0.15) is 25.0 Å². The number of nitrogens with zero attached hydrogens (tertiary/aromatic N) is 1. The number of benzene rings is 2. The Labute approximate surface area is 143 Å². The van der Waals surface area contributed by atoms with Gasteiger partial charge in [0.1, 0.15) is 12.0 Å². The van der Waals surface area contributed by atoms with Crippen LogP contribution >= 0.6 is 0 Å². The van der Waals surface area contributed by atoms with Gasteiger partial charge in [0.2, 0.25) is 0 Å². The second-order valence-electron chi connectivity index (χ2n) is 6.31. The second kappa shape index (κ2) is 6.52. The van der Waals surface area contributed by atoms with E-state index in [9.17, 15) is 4.79 Å². The van der Waals surface area contributed by atoms with Crippen LogP contribution in [0.25, 0.3) is 0 Å². The molecule has 0 spiro atoms. The molecular weight excluding hydrogens is 298 g/mol. The molecule has 0 fully saturated rings. The van der Waals surface area contributed by atoms with Crippen molar-refractivity contribution in [3.8, 4) is 5.75 Å². The maximum atomic E-state index is 11.3. The number of carbonyl (C=O) groups is 1. The number of hydrogen-bond acceptors (Lipinski definition) is 3. The van der Waals surface area contributed by atoms with Crippen molar-refractivity contribution in [2.75, 3.05) is 18.6 Å². The van der Waals surface area contributed by atoms with Crippen molar-refractivity contribution < 1.29 is 9.53 Å². The van der Waals surface area contributed by atoms with Gasteiger partial charge in [0, 0.05) is 23.3 Å². The monoisotopic (exact) mass is 321 g/mol. The lowest BCUT2D eigenvalue weighted by atomic mass is 9.76. The molecule has 0 aromatic heterocycles. The summed E-state index contributed by atoms with van der Waals surface area (Å²) in [5.74, 6) is 0.844. The lowest BCUT2D eigenvalue weighted by molar-refractivity contribution is -0.104. The molecule has 0 radical (unpaired) electrons. The van der Waals surface area contributed by atoms with Crippen molar-refractivity contribution in [3.05, 3.63) is 71.4 Å². The van der Waals surface area contributed by atoms with E-state index in [0.29, 0.717) is 0 Å². The summed E-state index contributed by atoms with van der Waals surface area (Å²) in [7, 11) is 1.69. The van der Waals surface area contributed by atoms with Gasteiger partial charge in [-0.3, -0.25) is 4.79 Å². The molecule has 1 heterocycles. The number of methoxy groups -OCH3 is 1. The molecule has 2 aromatic carbocycles. The third kappa shape index (κ3) is 2.60. The Morgan fingerprint density at radius 3 is 2.54 bits per heavy atom. The predicted octanol–water partition coefficient (Wildman–Crippen LogP) is 4.12. The fraction of sp³-hybridized carbons (Fsp3) is 0.286. The summed E-state index contributed by atoms with van der Waals surface area (Å²) in [6.07, 6.45) is 3.44. The molecule has 3 heteroatoms. The van der Waals surface area contributed by atoms with Crippen molar-refractivity contribution in [2.24, 2.45) is 0 Å². The minimum atomic E-state index is -0.262. The van der Waals surface area contributed by atoms with Crippen molar-refractivity contribution in [1.29, 1.82) is 0 Å². The van der Waals surface area contributed by atoms with Crippen molar-refractivity contribution in [1.82, 2.24) is 0 Å². The lowest BCUT2D eigenvalue weighted by Crippen LogP contribution is -2.30. The van der Waals surface area contributed by atoms with E-state index < -0.39 is 0 Å². The lowest BCUT2D eigenvalue weighted by Gasteiger charge is -2.29. The highest BCUT2D eigenvalue weighted by Crippen LogP contribution is 2.50. The Morgan fingerprint density at radius 1 is 1.17 bits per heavy atom. The highest BCUT2D eigenvalue weighted by atomic mass is 16.5. The van der Waals surface area contributed by atoms with Crippen LogP contribution in [0, 0.1) is 0 Å². The molecule has 1 unspecified atom stereocenters. The van der Waals surface area contributed by atoms with Gasteiger partial charge in [0.25, 0.3) is 0 Å².